The zero-order valence-electron chi connectivity index (χ0n) is 6.42. The van der Waals surface area contributed by atoms with Gasteiger partial charge in [0.15, 0.2) is 0 Å². The quantitative estimate of drug-likeness (QED) is 0.343. The van der Waals surface area contributed by atoms with Gasteiger partial charge in [0, 0.05) is 30.1 Å². The SMILES string of the molecule is CC(=O)OC(C[Si])OC(C)=O. The highest BCUT2D eigenvalue weighted by Crippen LogP contribution is 1.99. The van der Waals surface area contributed by atoms with Crippen LogP contribution in [0.5, 0.6) is 0 Å². The predicted molar refractivity (Wildman–Crippen MR) is 37.9 cm³/mol. The summed E-state index contributed by atoms with van der Waals surface area (Å²) in [5.41, 5.74) is 0. The molecule has 0 unspecified atom stereocenters. The Bertz CT molecular complexity index is 141. The average molecular weight is 173 g/mol. The van der Waals surface area contributed by atoms with Gasteiger partial charge >= 0.3 is 11.9 Å². The Labute approximate surface area is 68.3 Å². The van der Waals surface area contributed by atoms with E-state index < -0.39 is 18.2 Å². The van der Waals surface area contributed by atoms with Gasteiger partial charge in [-0.1, -0.05) is 0 Å². The highest BCUT2D eigenvalue weighted by molar-refractivity contribution is 6.08. The zero-order valence-corrected chi connectivity index (χ0v) is 7.42. The Kier molecular flexibility index (Phi) is 4.52. The van der Waals surface area contributed by atoms with Crippen LogP contribution in [0.25, 0.3) is 0 Å². The Morgan fingerprint density at radius 2 is 1.64 bits per heavy atom. The van der Waals surface area contributed by atoms with Gasteiger partial charge in [0.05, 0.1) is 0 Å². The molecule has 0 aromatic heterocycles. The standard InChI is InChI=1S/C6H9O4Si/c1-4(7)9-6(3-11)10-5(2)8/h6H,3H2,1-2H3. The van der Waals surface area contributed by atoms with E-state index in [0.717, 1.165) is 0 Å². The highest BCUT2D eigenvalue weighted by Gasteiger charge is 2.11. The summed E-state index contributed by atoms with van der Waals surface area (Å²) in [7, 11) is 3.06. The van der Waals surface area contributed by atoms with Gasteiger partial charge in [0.2, 0.25) is 6.29 Å². The first-order valence-electron chi connectivity index (χ1n) is 3.05. The van der Waals surface area contributed by atoms with Crippen molar-refractivity contribution in [2.24, 2.45) is 0 Å². The Balaban J connectivity index is 3.76. The van der Waals surface area contributed by atoms with Crippen LogP contribution in [0.3, 0.4) is 0 Å². The molecule has 0 heterocycles. The van der Waals surface area contributed by atoms with E-state index in [0.29, 0.717) is 0 Å². The third-order valence-corrected chi connectivity index (χ3v) is 1.09. The Morgan fingerprint density at radius 1 is 1.27 bits per heavy atom. The third-order valence-electron chi connectivity index (χ3n) is 0.761. The summed E-state index contributed by atoms with van der Waals surface area (Å²) >= 11 is 0. The lowest BCUT2D eigenvalue weighted by molar-refractivity contribution is -0.181. The van der Waals surface area contributed by atoms with Crippen molar-refractivity contribution in [1.29, 1.82) is 0 Å². The minimum absolute atomic E-state index is 0.277. The van der Waals surface area contributed by atoms with Crippen LogP contribution in [-0.4, -0.2) is 28.5 Å². The van der Waals surface area contributed by atoms with Crippen molar-refractivity contribution in [2.75, 3.05) is 0 Å². The molecular weight excluding hydrogens is 164 g/mol. The Morgan fingerprint density at radius 3 is 1.82 bits per heavy atom. The number of carbonyl (C=O) groups is 2. The van der Waals surface area contributed by atoms with Gasteiger partial charge in [0.25, 0.3) is 0 Å². The summed E-state index contributed by atoms with van der Waals surface area (Å²) in [6.45, 7) is 2.50. The van der Waals surface area contributed by atoms with Crippen molar-refractivity contribution in [3.8, 4) is 0 Å². The van der Waals surface area contributed by atoms with Crippen molar-refractivity contribution in [2.45, 2.75) is 26.2 Å². The van der Waals surface area contributed by atoms with Gasteiger partial charge in [-0.25, -0.2) is 0 Å². The first-order valence-corrected chi connectivity index (χ1v) is 3.76. The first-order chi connectivity index (χ1) is 5.06. The molecule has 0 N–H and O–H groups in total. The number of hydrogen-bond donors (Lipinski definition) is 0. The molecule has 4 nitrogen and oxygen atoms in total. The molecule has 0 saturated carbocycles. The van der Waals surface area contributed by atoms with E-state index in [2.05, 4.69) is 19.7 Å². The maximum atomic E-state index is 10.4. The van der Waals surface area contributed by atoms with Crippen LogP contribution in [0.2, 0.25) is 6.04 Å². The average Bonchev–Trinajstić information content (AvgIpc) is 1.84. The van der Waals surface area contributed by atoms with Crippen molar-refractivity contribution in [3.05, 3.63) is 0 Å². The van der Waals surface area contributed by atoms with Crippen LogP contribution in [0.15, 0.2) is 0 Å². The van der Waals surface area contributed by atoms with Crippen LogP contribution < -0.4 is 0 Å². The fourth-order valence-corrected chi connectivity index (χ4v) is 0.644. The smallest absolute Gasteiger partial charge is 0.305 e. The van der Waals surface area contributed by atoms with Crippen molar-refractivity contribution >= 4 is 22.2 Å². The minimum Gasteiger partial charge on any atom is -0.426 e. The Hall–Kier alpha value is -0.843. The predicted octanol–water partition coefficient (Wildman–Crippen LogP) is 0.0255. The molecule has 0 bridgehead atoms. The van der Waals surface area contributed by atoms with Crippen LogP contribution >= 0.6 is 0 Å². The van der Waals surface area contributed by atoms with Gasteiger partial charge in [-0.15, -0.1) is 0 Å². The summed E-state index contributed by atoms with van der Waals surface area (Å²) in [5, 5.41) is 0. The zero-order chi connectivity index (χ0) is 8.85. The molecule has 0 aliphatic carbocycles. The summed E-state index contributed by atoms with van der Waals surface area (Å²) < 4.78 is 9.16. The number of esters is 2. The van der Waals surface area contributed by atoms with E-state index >= 15 is 0 Å². The molecule has 3 radical (unpaired) electrons. The fourth-order valence-electron chi connectivity index (χ4n) is 0.478. The van der Waals surface area contributed by atoms with E-state index in [1.165, 1.54) is 13.8 Å². The monoisotopic (exact) mass is 173 g/mol. The number of hydrogen-bond acceptors (Lipinski definition) is 4. The molecule has 0 aliphatic rings. The normalized spacial score (nSPS) is 9.45. The molecular formula is C6H9O4Si. The van der Waals surface area contributed by atoms with Crippen LogP contribution in [-0.2, 0) is 19.1 Å². The summed E-state index contributed by atoms with van der Waals surface area (Å²) in [6.07, 6.45) is -0.818. The summed E-state index contributed by atoms with van der Waals surface area (Å²) in [4.78, 5) is 20.7. The molecule has 0 spiro atoms. The largest absolute Gasteiger partial charge is 0.426 e. The molecule has 0 fully saturated rings. The lowest BCUT2D eigenvalue weighted by Gasteiger charge is -2.13. The van der Waals surface area contributed by atoms with Gasteiger partial charge in [-0.05, 0) is 0 Å². The molecule has 0 rings (SSSR count). The van der Waals surface area contributed by atoms with Gasteiger partial charge in [-0.3, -0.25) is 9.59 Å². The molecule has 5 heteroatoms. The molecule has 0 aromatic carbocycles. The molecule has 11 heavy (non-hydrogen) atoms. The summed E-state index contributed by atoms with van der Waals surface area (Å²) in [6, 6.07) is 0.277. The lowest BCUT2D eigenvalue weighted by atomic mass is 10.7. The van der Waals surface area contributed by atoms with Crippen molar-refractivity contribution in [1.82, 2.24) is 0 Å². The van der Waals surface area contributed by atoms with Crippen molar-refractivity contribution in [3.63, 3.8) is 0 Å². The van der Waals surface area contributed by atoms with Gasteiger partial charge in [0.1, 0.15) is 0 Å². The molecule has 0 aromatic rings. The van der Waals surface area contributed by atoms with E-state index in [9.17, 15) is 9.59 Å². The third kappa shape index (κ3) is 5.59. The van der Waals surface area contributed by atoms with Gasteiger partial charge < -0.3 is 9.47 Å². The summed E-state index contributed by atoms with van der Waals surface area (Å²) in [5.74, 6) is -0.955. The minimum atomic E-state index is -0.818. The molecule has 0 aliphatic heterocycles. The van der Waals surface area contributed by atoms with Crippen LogP contribution in [0.1, 0.15) is 13.8 Å². The topological polar surface area (TPSA) is 52.6 Å². The number of carbonyl (C=O) groups excluding carboxylic acids is 2. The molecule has 0 atom stereocenters. The van der Waals surface area contributed by atoms with E-state index in [4.69, 9.17) is 0 Å². The van der Waals surface area contributed by atoms with Crippen molar-refractivity contribution < 1.29 is 19.1 Å². The second-order valence-corrected chi connectivity index (χ2v) is 2.26. The first kappa shape index (κ1) is 10.2. The fraction of sp³-hybridized carbons (Fsp3) is 0.667. The number of ether oxygens (including phenoxy) is 2. The van der Waals surface area contributed by atoms with Crippen LogP contribution in [0, 0.1) is 0 Å². The maximum absolute atomic E-state index is 10.4. The lowest BCUT2D eigenvalue weighted by Crippen LogP contribution is -2.21. The van der Waals surface area contributed by atoms with E-state index in [-0.39, 0.29) is 6.04 Å². The van der Waals surface area contributed by atoms with Crippen LogP contribution in [0.4, 0.5) is 0 Å². The van der Waals surface area contributed by atoms with E-state index in [1.54, 1.807) is 0 Å². The van der Waals surface area contributed by atoms with Gasteiger partial charge in [-0.2, -0.15) is 0 Å². The number of rotatable bonds is 3. The molecule has 0 amide bonds. The molecule has 61 valence electrons. The van der Waals surface area contributed by atoms with E-state index in [1.807, 2.05) is 0 Å². The highest BCUT2D eigenvalue weighted by atomic mass is 28.1. The second-order valence-electron chi connectivity index (χ2n) is 1.85. The maximum Gasteiger partial charge on any atom is 0.305 e. The second kappa shape index (κ2) is 4.89. The molecule has 0 saturated heterocycles.